The minimum atomic E-state index is -0.209. The zero-order chi connectivity index (χ0) is 21.0. The van der Waals surface area contributed by atoms with Crippen LogP contribution in [0.4, 0.5) is 5.69 Å². The molecule has 6 nitrogen and oxygen atoms in total. The summed E-state index contributed by atoms with van der Waals surface area (Å²) in [7, 11) is 1.52. The van der Waals surface area contributed by atoms with Gasteiger partial charge < -0.3 is 14.8 Å². The van der Waals surface area contributed by atoms with Crippen molar-refractivity contribution in [2.75, 3.05) is 13.7 Å². The Morgan fingerprint density at radius 3 is 2.86 bits per heavy atom. The Balaban J connectivity index is 1.89. The minimum Gasteiger partial charge on any atom is -0.493 e. The first kappa shape index (κ1) is 21.0. The second kappa shape index (κ2) is 9.16. The fourth-order valence-corrected chi connectivity index (χ4v) is 4.07. The van der Waals surface area contributed by atoms with Gasteiger partial charge in [0.1, 0.15) is 6.07 Å². The largest absolute Gasteiger partial charge is 0.493 e. The van der Waals surface area contributed by atoms with E-state index < -0.39 is 0 Å². The number of nitrogens with zero attached hydrogens (tertiary/aromatic N) is 2. The number of methoxy groups -OCH3 is 1. The first-order valence-electron chi connectivity index (χ1n) is 8.66. The molecule has 1 saturated heterocycles. The fraction of sp³-hybridized carbons (Fsp3) is 0.190. The highest BCUT2D eigenvalue weighted by Crippen LogP contribution is 2.38. The highest BCUT2D eigenvalue weighted by Gasteiger charge is 2.24. The number of thioether (sulfide) groups is 1. The average Bonchev–Trinajstić information content (AvgIpc) is 3.03. The van der Waals surface area contributed by atoms with E-state index in [1.165, 1.54) is 18.9 Å². The third-order valence-corrected chi connectivity index (χ3v) is 5.78. The number of ether oxygens (including phenoxy) is 2. The molecule has 2 aromatic carbocycles. The van der Waals surface area contributed by atoms with Gasteiger partial charge in [-0.05, 0) is 82.5 Å². The summed E-state index contributed by atoms with van der Waals surface area (Å²) in [5.74, 6) is 0.699. The zero-order valence-electron chi connectivity index (χ0n) is 16.1. The number of carbonyl (C=O) groups is 1. The molecule has 0 spiro atoms. The van der Waals surface area contributed by atoms with Crippen LogP contribution in [-0.4, -0.2) is 24.8 Å². The molecule has 0 aromatic heterocycles. The van der Waals surface area contributed by atoms with Crippen molar-refractivity contribution in [2.45, 2.75) is 13.8 Å². The van der Waals surface area contributed by atoms with E-state index in [0.29, 0.717) is 26.0 Å². The Morgan fingerprint density at radius 1 is 1.34 bits per heavy atom. The molecule has 0 bridgehead atoms. The number of nitrogens with one attached hydrogen (secondary N) is 1. The summed E-state index contributed by atoms with van der Waals surface area (Å²) in [6.45, 7) is 3.94. The number of carbonyl (C=O) groups excluding carboxylic acids is 1. The predicted octanol–water partition coefficient (Wildman–Crippen LogP) is 4.87. The lowest BCUT2D eigenvalue weighted by Crippen LogP contribution is -2.19. The highest BCUT2D eigenvalue weighted by atomic mass is 79.9. The van der Waals surface area contributed by atoms with Crippen LogP contribution < -0.4 is 14.8 Å². The van der Waals surface area contributed by atoms with E-state index in [1.807, 2.05) is 38.1 Å². The monoisotopic (exact) mass is 471 g/mol. The smallest absolute Gasteiger partial charge is 0.264 e. The molecular formula is C21H18BrN3O3S. The predicted molar refractivity (Wildman–Crippen MR) is 119 cm³/mol. The second-order valence-electron chi connectivity index (χ2n) is 6.18. The van der Waals surface area contributed by atoms with Gasteiger partial charge in [-0.2, -0.15) is 5.26 Å². The lowest BCUT2D eigenvalue weighted by Gasteiger charge is -2.11. The van der Waals surface area contributed by atoms with Gasteiger partial charge in [0.25, 0.3) is 5.91 Å². The third kappa shape index (κ3) is 4.81. The molecule has 8 heteroatoms. The lowest BCUT2D eigenvalue weighted by atomic mass is 10.1. The van der Waals surface area contributed by atoms with Crippen molar-refractivity contribution in [1.29, 1.82) is 5.26 Å². The molecule has 1 aliphatic heterocycles. The molecule has 1 N–H and O–H groups in total. The van der Waals surface area contributed by atoms with Crippen LogP contribution in [0.25, 0.3) is 6.08 Å². The van der Waals surface area contributed by atoms with Gasteiger partial charge in [0.2, 0.25) is 0 Å². The van der Waals surface area contributed by atoms with Crippen LogP contribution in [-0.2, 0) is 4.79 Å². The van der Waals surface area contributed by atoms with Crippen LogP contribution in [0.1, 0.15) is 16.7 Å². The van der Waals surface area contributed by atoms with E-state index in [0.717, 1.165) is 22.4 Å². The van der Waals surface area contributed by atoms with E-state index in [2.05, 4.69) is 26.2 Å². The number of amides is 1. The van der Waals surface area contributed by atoms with Crippen molar-refractivity contribution in [3.63, 3.8) is 0 Å². The number of hydrogen-bond donors (Lipinski definition) is 1. The summed E-state index contributed by atoms with van der Waals surface area (Å²) in [5, 5.41) is 12.1. The van der Waals surface area contributed by atoms with Crippen molar-refractivity contribution >= 4 is 50.5 Å². The number of rotatable bonds is 5. The van der Waals surface area contributed by atoms with Gasteiger partial charge in [-0.15, -0.1) is 0 Å². The fourth-order valence-electron chi connectivity index (χ4n) is 2.67. The van der Waals surface area contributed by atoms with Gasteiger partial charge in [0, 0.05) is 0 Å². The second-order valence-corrected chi connectivity index (χ2v) is 8.07. The van der Waals surface area contributed by atoms with Crippen LogP contribution in [0.5, 0.6) is 11.5 Å². The standard InChI is InChI=1S/C21H18BrN3O3S/c1-12-5-4-6-16(13(12)2)24-21-25-20(26)18(29-21)11-14-9-15(22)19(28-8-7-23)17(10-14)27-3/h4-6,9-11H,8H2,1-3H3,(H,24,25,26)/b18-11-. The minimum absolute atomic E-state index is 0.0914. The molecule has 148 valence electrons. The molecule has 0 atom stereocenters. The van der Waals surface area contributed by atoms with Crippen LogP contribution in [0, 0.1) is 25.2 Å². The Bertz CT molecular complexity index is 1070. The van der Waals surface area contributed by atoms with Crippen LogP contribution in [0.2, 0.25) is 0 Å². The van der Waals surface area contributed by atoms with Crippen molar-refractivity contribution < 1.29 is 14.3 Å². The molecule has 3 rings (SSSR count). The van der Waals surface area contributed by atoms with Gasteiger partial charge in [-0.3, -0.25) is 4.79 Å². The first-order chi connectivity index (χ1) is 13.9. The molecule has 1 fully saturated rings. The number of aryl methyl sites for hydroxylation is 1. The van der Waals surface area contributed by atoms with Gasteiger partial charge in [0.05, 0.1) is 22.2 Å². The number of benzene rings is 2. The number of nitriles is 1. The summed E-state index contributed by atoms with van der Waals surface area (Å²) in [6, 6.07) is 11.4. The molecule has 1 amide bonds. The number of aliphatic imine (C=N–C) groups is 1. The zero-order valence-corrected chi connectivity index (χ0v) is 18.5. The van der Waals surface area contributed by atoms with Crippen LogP contribution >= 0.6 is 27.7 Å². The van der Waals surface area contributed by atoms with E-state index in [-0.39, 0.29) is 12.5 Å². The van der Waals surface area contributed by atoms with Gasteiger partial charge in [-0.25, -0.2) is 4.99 Å². The molecule has 0 unspecified atom stereocenters. The van der Waals surface area contributed by atoms with Gasteiger partial charge in [-0.1, -0.05) is 12.1 Å². The Hall–Kier alpha value is -2.76. The van der Waals surface area contributed by atoms with E-state index in [9.17, 15) is 4.79 Å². The quantitative estimate of drug-likeness (QED) is 0.628. The van der Waals surface area contributed by atoms with Gasteiger partial charge in [0.15, 0.2) is 23.3 Å². The maximum atomic E-state index is 12.4. The number of halogens is 1. The molecule has 2 aromatic rings. The first-order valence-corrected chi connectivity index (χ1v) is 10.3. The molecule has 1 aliphatic rings. The van der Waals surface area contributed by atoms with Crippen LogP contribution in [0.15, 0.2) is 44.7 Å². The Labute approximate surface area is 181 Å². The van der Waals surface area contributed by atoms with E-state index >= 15 is 0 Å². The SMILES string of the molecule is COc1cc(/C=C2\SC(=Nc3cccc(C)c3C)NC2=O)cc(Br)c1OCC#N. The maximum Gasteiger partial charge on any atom is 0.264 e. The Kier molecular flexibility index (Phi) is 6.62. The molecule has 1 heterocycles. The summed E-state index contributed by atoms with van der Waals surface area (Å²) < 4.78 is 11.4. The number of amidine groups is 1. The number of hydrogen-bond acceptors (Lipinski definition) is 6. The van der Waals surface area contributed by atoms with Crippen molar-refractivity contribution in [1.82, 2.24) is 5.32 Å². The molecule has 0 saturated carbocycles. The van der Waals surface area contributed by atoms with E-state index in [1.54, 1.807) is 18.2 Å². The maximum absolute atomic E-state index is 12.4. The lowest BCUT2D eigenvalue weighted by molar-refractivity contribution is -0.115. The third-order valence-electron chi connectivity index (χ3n) is 4.28. The molecule has 0 aliphatic carbocycles. The highest BCUT2D eigenvalue weighted by molar-refractivity contribution is 9.10. The molecular weight excluding hydrogens is 454 g/mol. The summed E-state index contributed by atoms with van der Waals surface area (Å²) in [5.41, 5.74) is 3.81. The summed E-state index contributed by atoms with van der Waals surface area (Å²) in [4.78, 5) is 17.5. The summed E-state index contributed by atoms with van der Waals surface area (Å²) >= 11 is 4.71. The normalized spacial score (nSPS) is 16.0. The molecule has 29 heavy (non-hydrogen) atoms. The average molecular weight is 472 g/mol. The summed E-state index contributed by atoms with van der Waals surface area (Å²) in [6.07, 6.45) is 1.76. The topological polar surface area (TPSA) is 83.7 Å². The van der Waals surface area contributed by atoms with Crippen molar-refractivity contribution in [3.05, 3.63) is 56.4 Å². The van der Waals surface area contributed by atoms with Crippen molar-refractivity contribution in [2.24, 2.45) is 4.99 Å². The van der Waals surface area contributed by atoms with Gasteiger partial charge >= 0.3 is 0 Å². The van der Waals surface area contributed by atoms with Crippen LogP contribution in [0.3, 0.4) is 0 Å². The van der Waals surface area contributed by atoms with E-state index in [4.69, 9.17) is 14.7 Å². The Morgan fingerprint density at radius 2 is 2.14 bits per heavy atom. The van der Waals surface area contributed by atoms with Crippen molar-refractivity contribution in [3.8, 4) is 17.6 Å². The molecule has 0 radical (unpaired) electrons.